The lowest BCUT2D eigenvalue weighted by Crippen LogP contribution is -2.46. The van der Waals surface area contributed by atoms with Crippen molar-refractivity contribution in [1.82, 2.24) is 10.6 Å². The minimum absolute atomic E-state index is 0.0788. The Kier molecular flexibility index (Phi) is 6.59. The highest BCUT2D eigenvalue weighted by Gasteiger charge is 2.14. The number of likely N-dealkylation sites (N-methyl/N-ethyl adjacent to an activating group) is 1. The third-order valence-corrected chi connectivity index (χ3v) is 2.22. The van der Waals surface area contributed by atoms with Crippen molar-refractivity contribution in [2.24, 2.45) is 0 Å². The van der Waals surface area contributed by atoms with Gasteiger partial charge in [0.05, 0.1) is 6.04 Å². The average Bonchev–Trinajstić information content (AvgIpc) is 2.14. The van der Waals surface area contributed by atoms with Gasteiger partial charge in [0.2, 0.25) is 5.91 Å². The Bertz CT molecular complexity index is 144. The number of hydrogen-bond acceptors (Lipinski definition) is 2. The van der Waals surface area contributed by atoms with Gasteiger partial charge in [-0.25, -0.2) is 0 Å². The average molecular weight is 186 g/mol. The molecule has 0 aliphatic heterocycles. The lowest BCUT2D eigenvalue weighted by Gasteiger charge is -2.20. The van der Waals surface area contributed by atoms with Crippen molar-refractivity contribution < 1.29 is 4.79 Å². The van der Waals surface area contributed by atoms with E-state index >= 15 is 0 Å². The van der Waals surface area contributed by atoms with Gasteiger partial charge in [-0.05, 0) is 26.7 Å². The first-order valence-corrected chi connectivity index (χ1v) is 5.19. The fourth-order valence-corrected chi connectivity index (χ4v) is 1.28. The first kappa shape index (κ1) is 12.4. The van der Waals surface area contributed by atoms with Crippen LogP contribution in [0.25, 0.3) is 0 Å². The highest BCUT2D eigenvalue weighted by atomic mass is 16.2. The number of carbonyl (C=O) groups is 1. The van der Waals surface area contributed by atoms with E-state index in [0.717, 1.165) is 12.8 Å². The van der Waals surface area contributed by atoms with Crippen LogP contribution in [0.15, 0.2) is 0 Å². The Balaban J connectivity index is 3.82. The molecule has 0 radical (unpaired) electrons. The number of nitrogens with one attached hydrogen (secondary N) is 2. The quantitative estimate of drug-likeness (QED) is 0.656. The van der Waals surface area contributed by atoms with E-state index in [9.17, 15) is 4.79 Å². The fourth-order valence-electron chi connectivity index (χ4n) is 1.28. The molecule has 1 unspecified atom stereocenters. The normalized spacial score (nSPS) is 13.0. The molecule has 0 rings (SSSR count). The molecule has 0 aliphatic carbocycles. The Labute approximate surface area is 81.3 Å². The topological polar surface area (TPSA) is 41.1 Å². The van der Waals surface area contributed by atoms with Crippen molar-refractivity contribution in [2.45, 2.75) is 52.6 Å². The highest BCUT2D eigenvalue weighted by molar-refractivity contribution is 5.81. The Morgan fingerprint density at radius 1 is 1.23 bits per heavy atom. The molecule has 0 saturated carbocycles. The van der Waals surface area contributed by atoms with Crippen LogP contribution in [0.5, 0.6) is 0 Å². The Morgan fingerprint density at radius 3 is 2.15 bits per heavy atom. The standard InChI is InChI=1S/C10H22N2O/c1-5-9(6-2)12-8(4)10(13)11-7-3/h8-9,12H,5-7H2,1-4H3,(H,11,13). The molecule has 1 atom stereocenters. The molecule has 0 aliphatic rings. The minimum Gasteiger partial charge on any atom is -0.355 e. The van der Waals surface area contributed by atoms with E-state index < -0.39 is 0 Å². The number of amides is 1. The summed E-state index contributed by atoms with van der Waals surface area (Å²) in [7, 11) is 0. The van der Waals surface area contributed by atoms with E-state index in [1.807, 2.05) is 13.8 Å². The first-order valence-electron chi connectivity index (χ1n) is 5.19. The zero-order valence-electron chi connectivity index (χ0n) is 9.18. The zero-order valence-corrected chi connectivity index (χ0v) is 9.18. The van der Waals surface area contributed by atoms with Gasteiger partial charge in [0.15, 0.2) is 0 Å². The van der Waals surface area contributed by atoms with Crippen LogP contribution in [-0.4, -0.2) is 24.5 Å². The number of hydrogen-bond donors (Lipinski definition) is 2. The van der Waals surface area contributed by atoms with Crippen LogP contribution < -0.4 is 10.6 Å². The van der Waals surface area contributed by atoms with Crippen LogP contribution in [0.3, 0.4) is 0 Å². The summed E-state index contributed by atoms with van der Waals surface area (Å²) in [5.74, 6) is 0.0920. The van der Waals surface area contributed by atoms with Gasteiger partial charge in [-0.15, -0.1) is 0 Å². The highest BCUT2D eigenvalue weighted by Crippen LogP contribution is 1.98. The predicted molar refractivity (Wildman–Crippen MR) is 55.7 cm³/mol. The molecule has 0 aromatic heterocycles. The smallest absolute Gasteiger partial charge is 0.236 e. The summed E-state index contributed by atoms with van der Waals surface area (Å²) < 4.78 is 0. The molecular weight excluding hydrogens is 164 g/mol. The second kappa shape index (κ2) is 6.89. The summed E-state index contributed by atoms with van der Waals surface area (Å²) in [6.45, 7) is 8.80. The molecule has 0 spiro atoms. The molecule has 2 N–H and O–H groups in total. The van der Waals surface area contributed by atoms with Gasteiger partial charge in [-0.2, -0.15) is 0 Å². The van der Waals surface area contributed by atoms with Gasteiger partial charge in [-0.3, -0.25) is 4.79 Å². The summed E-state index contributed by atoms with van der Waals surface area (Å²) in [6, 6.07) is 0.377. The van der Waals surface area contributed by atoms with Crippen LogP contribution in [-0.2, 0) is 4.79 Å². The maximum absolute atomic E-state index is 11.3. The molecule has 3 heteroatoms. The van der Waals surface area contributed by atoms with Gasteiger partial charge in [-0.1, -0.05) is 13.8 Å². The molecular formula is C10H22N2O. The molecule has 0 aromatic carbocycles. The van der Waals surface area contributed by atoms with Crippen LogP contribution in [0.4, 0.5) is 0 Å². The largest absolute Gasteiger partial charge is 0.355 e. The molecule has 13 heavy (non-hydrogen) atoms. The van der Waals surface area contributed by atoms with Crippen molar-refractivity contribution in [2.75, 3.05) is 6.54 Å². The van der Waals surface area contributed by atoms with E-state index in [1.54, 1.807) is 0 Å². The van der Waals surface area contributed by atoms with Crippen molar-refractivity contribution in [3.63, 3.8) is 0 Å². The van der Waals surface area contributed by atoms with Crippen LogP contribution in [0.1, 0.15) is 40.5 Å². The van der Waals surface area contributed by atoms with Gasteiger partial charge in [0.25, 0.3) is 0 Å². The molecule has 3 nitrogen and oxygen atoms in total. The molecule has 0 saturated heterocycles. The Morgan fingerprint density at radius 2 is 1.77 bits per heavy atom. The molecule has 0 bridgehead atoms. The van der Waals surface area contributed by atoms with E-state index in [4.69, 9.17) is 0 Å². The van der Waals surface area contributed by atoms with E-state index in [2.05, 4.69) is 24.5 Å². The summed E-state index contributed by atoms with van der Waals surface area (Å²) in [4.78, 5) is 11.3. The fraction of sp³-hybridized carbons (Fsp3) is 0.900. The summed E-state index contributed by atoms with van der Waals surface area (Å²) in [5, 5.41) is 6.09. The van der Waals surface area contributed by atoms with Crippen molar-refractivity contribution in [1.29, 1.82) is 0 Å². The SMILES string of the molecule is CCNC(=O)C(C)NC(CC)CC. The number of rotatable bonds is 6. The molecule has 78 valence electrons. The Hall–Kier alpha value is -0.570. The van der Waals surface area contributed by atoms with Crippen molar-refractivity contribution in [3.8, 4) is 0 Å². The van der Waals surface area contributed by atoms with Crippen LogP contribution in [0.2, 0.25) is 0 Å². The third-order valence-electron chi connectivity index (χ3n) is 2.22. The van der Waals surface area contributed by atoms with E-state index in [-0.39, 0.29) is 11.9 Å². The van der Waals surface area contributed by atoms with Gasteiger partial charge in [0.1, 0.15) is 0 Å². The summed E-state index contributed by atoms with van der Waals surface area (Å²) >= 11 is 0. The first-order chi connectivity index (χ1) is 6.15. The third kappa shape index (κ3) is 4.88. The zero-order chi connectivity index (χ0) is 10.3. The summed E-state index contributed by atoms with van der Waals surface area (Å²) in [5.41, 5.74) is 0. The maximum Gasteiger partial charge on any atom is 0.236 e. The predicted octanol–water partition coefficient (Wildman–Crippen LogP) is 1.29. The van der Waals surface area contributed by atoms with Crippen molar-refractivity contribution >= 4 is 5.91 Å². The van der Waals surface area contributed by atoms with Crippen LogP contribution >= 0.6 is 0 Å². The molecule has 0 aromatic rings. The van der Waals surface area contributed by atoms with E-state index in [1.165, 1.54) is 0 Å². The second-order valence-electron chi connectivity index (χ2n) is 3.30. The number of carbonyl (C=O) groups excluding carboxylic acids is 1. The van der Waals surface area contributed by atoms with Gasteiger partial charge in [0, 0.05) is 12.6 Å². The molecule has 0 heterocycles. The van der Waals surface area contributed by atoms with Crippen molar-refractivity contribution in [3.05, 3.63) is 0 Å². The summed E-state index contributed by atoms with van der Waals surface area (Å²) in [6.07, 6.45) is 2.14. The lowest BCUT2D eigenvalue weighted by atomic mass is 10.1. The lowest BCUT2D eigenvalue weighted by molar-refractivity contribution is -0.122. The second-order valence-corrected chi connectivity index (χ2v) is 3.30. The van der Waals surface area contributed by atoms with Gasteiger partial charge < -0.3 is 10.6 Å². The van der Waals surface area contributed by atoms with Gasteiger partial charge >= 0.3 is 0 Å². The monoisotopic (exact) mass is 186 g/mol. The van der Waals surface area contributed by atoms with Crippen LogP contribution in [0, 0.1) is 0 Å². The minimum atomic E-state index is -0.0788. The van der Waals surface area contributed by atoms with E-state index in [0.29, 0.717) is 12.6 Å². The molecule has 0 fully saturated rings. The molecule has 1 amide bonds. The maximum atomic E-state index is 11.3.